The maximum Gasteiger partial charge on any atom is 0.135 e. The van der Waals surface area contributed by atoms with E-state index in [1.54, 1.807) is 0 Å². The molecule has 4 aromatic heterocycles. The lowest BCUT2D eigenvalue weighted by Gasteiger charge is -2.26. The Morgan fingerprint density at radius 3 is 1.84 bits per heavy atom. The summed E-state index contributed by atoms with van der Waals surface area (Å²) >= 11 is 0. The predicted molar refractivity (Wildman–Crippen MR) is 241 cm³/mol. The Morgan fingerprint density at radius 1 is 0.448 bits per heavy atom. The van der Waals surface area contributed by atoms with E-state index >= 15 is 0 Å². The average molecular weight is 742 g/mol. The normalized spacial score (nSPS) is 14.1. The van der Waals surface area contributed by atoms with Crippen molar-refractivity contribution in [2.45, 2.75) is 12.3 Å². The van der Waals surface area contributed by atoms with E-state index in [2.05, 4.69) is 196 Å². The van der Waals surface area contributed by atoms with E-state index in [0.29, 0.717) is 0 Å². The minimum Gasteiger partial charge on any atom is -0.456 e. The van der Waals surface area contributed by atoms with E-state index in [4.69, 9.17) is 4.42 Å². The molecule has 1 aliphatic carbocycles. The fourth-order valence-electron chi connectivity index (χ4n) is 10.1. The number of para-hydroxylation sites is 5. The lowest BCUT2D eigenvalue weighted by Crippen LogP contribution is -2.14. The predicted octanol–water partition coefficient (Wildman–Crippen LogP) is 13.6. The SMILES string of the molecule is C1=c2c3ccccc3n3c2c(c2ccccc23)CC1c1ccc(N(c2ccc3oc4ccccc4c3c2)c2ccc3c(c2)c2ccccc2n3-c2ccccc2)cc1. The van der Waals surface area contributed by atoms with Crippen LogP contribution in [0, 0.1) is 0 Å². The minimum absolute atomic E-state index is 0.254. The van der Waals surface area contributed by atoms with Gasteiger partial charge in [-0.2, -0.15) is 0 Å². The van der Waals surface area contributed by atoms with Gasteiger partial charge in [-0.15, -0.1) is 0 Å². The second kappa shape index (κ2) is 12.0. The number of rotatable bonds is 5. The molecule has 0 spiro atoms. The minimum atomic E-state index is 0.254. The molecule has 0 aliphatic heterocycles. The molecule has 4 heteroatoms. The van der Waals surface area contributed by atoms with Crippen molar-refractivity contribution in [1.29, 1.82) is 0 Å². The standard InChI is InChI=1S/C54H35N3O/c1-2-12-36(13-3-1)56-48-18-8-4-14-40(48)44-32-38(26-28-51(44)56)55(39-27-29-53-45(33-39)43-17-7-11-21-52(43)58-53)37-24-22-34(23-25-37)35-30-46-41-15-5-9-19-49(41)57-50-20-10-6-16-42(50)47(31-35)54(46)57/h1-30,32-33,35H,31H2. The molecule has 12 aromatic rings. The third-order valence-corrected chi connectivity index (χ3v) is 12.6. The zero-order valence-corrected chi connectivity index (χ0v) is 31.5. The monoisotopic (exact) mass is 741 g/mol. The van der Waals surface area contributed by atoms with E-state index < -0.39 is 0 Å². The van der Waals surface area contributed by atoms with Crippen LogP contribution < -0.4 is 10.1 Å². The second-order valence-electron chi connectivity index (χ2n) is 15.7. The molecule has 58 heavy (non-hydrogen) atoms. The Bertz CT molecular complexity index is 3660. The third kappa shape index (κ3) is 4.45. The van der Waals surface area contributed by atoms with Crippen LogP contribution in [0.25, 0.3) is 82.8 Å². The molecule has 0 saturated heterocycles. The number of hydrogen-bond donors (Lipinski definition) is 0. The molecule has 0 bridgehead atoms. The van der Waals surface area contributed by atoms with Crippen molar-refractivity contribution in [3.63, 3.8) is 0 Å². The van der Waals surface area contributed by atoms with Crippen molar-refractivity contribution >= 4 is 94.2 Å². The first-order valence-electron chi connectivity index (χ1n) is 20.1. The highest BCUT2D eigenvalue weighted by molar-refractivity contribution is 6.11. The lowest BCUT2D eigenvalue weighted by molar-refractivity contribution is 0.669. The summed E-state index contributed by atoms with van der Waals surface area (Å²) in [5, 5.41) is 8.71. The van der Waals surface area contributed by atoms with Gasteiger partial charge >= 0.3 is 0 Å². The number of aromatic nitrogens is 2. The number of anilines is 3. The maximum absolute atomic E-state index is 6.29. The second-order valence-corrected chi connectivity index (χ2v) is 15.7. The highest BCUT2D eigenvalue weighted by atomic mass is 16.3. The van der Waals surface area contributed by atoms with Crippen LogP contribution in [-0.2, 0) is 6.42 Å². The molecule has 272 valence electrons. The smallest absolute Gasteiger partial charge is 0.135 e. The number of furan rings is 1. The van der Waals surface area contributed by atoms with Crippen LogP contribution >= 0.6 is 0 Å². The largest absolute Gasteiger partial charge is 0.456 e. The first kappa shape index (κ1) is 31.6. The lowest BCUT2D eigenvalue weighted by atomic mass is 9.86. The van der Waals surface area contributed by atoms with E-state index in [-0.39, 0.29) is 5.92 Å². The van der Waals surface area contributed by atoms with Crippen LogP contribution in [0.4, 0.5) is 17.1 Å². The number of nitrogens with zero attached hydrogens (tertiary/aromatic N) is 3. The van der Waals surface area contributed by atoms with Gasteiger partial charge in [0.15, 0.2) is 0 Å². The van der Waals surface area contributed by atoms with Gasteiger partial charge < -0.3 is 18.3 Å². The Hall–Kier alpha value is -7.56. The van der Waals surface area contributed by atoms with Crippen LogP contribution in [-0.4, -0.2) is 8.97 Å². The number of fused-ring (bicyclic) bond motifs is 12. The Morgan fingerprint density at radius 2 is 1.03 bits per heavy atom. The fraction of sp³-hybridized carbons (Fsp3) is 0.0370. The van der Waals surface area contributed by atoms with Gasteiger partial charge in [-0.3, -0.25) is 0 Å². The van der Waals surface area contributed by atoms with Crippen molar-refractivity contribution in [2.75, 3.05) is 4.90 Å². The Balaban J connectivity index is 0.982. The quantitative estimate of drug-likeness (QED) is 0.176. The summed E-state index contributed by atoms with van der Waals surface area (Å²) in [6.07, 6.45) is 3.49. The van der Waals surface area contributed by atoms with E-state index in [0.717, 1.165) is 51.1 Å². The summed E-state index contributed by atoms with van der Waals surface area (Å²) in [5.41, 5.74) is 15.3. The molecule has 4 heterocycles. The van der Waals surface area contributed by atoms with Crippen LogP contribution in [0.3, 0.4) is 0 Å². The van der Waals surface area contributed by atoms with Gasteiger partial charge in [0, 0.05) is 66.2 Å². The molecule has 1 atom stereocenters. The Kier molecular flexibility index (Phi) is 6.53. The first-order valence-corrected chi connectivity index (χ1v) is 20.1. The third-order valence-electron chi connectivity index (χ3n) is 12.6. The maximum atomic E-state index is 6.29. The summed E-state index contributed by atoms with van der Waals surface area (Å²) in [7, 11) is 0. The van der Waals surface area contributed by atoms with Crippen molar-refractivity contribution in [3.8, 4) is 5.69 Å². The van der Waals surface area contributed by atoms with Gasteiger partial charge in [0.05, 0.1) is 27.6 Å². The van der Waals surface area contributed by atoms with Crippen LogP contribution in [0.1, 0.15) is 17.0 Å². The molecular formula is C54H35N3O. The zero-order chi connectivity index (χ0) is 37.9. The fourth-order valence-corrected chi connectivity index (χ4v) is 10.1. The highest BCUT2D eigenvalue weighted by Crippen LogP contribution is 2.43. The van der Waals surface area contributed by atoms with Crippen molar-refractivity contribution in [1.82, 2.24) is 8.97 Å². The molecule has 1 aliphatic rings. The zero-order valence-electron chi connectivity index (χ0n) is 31.5. The highest BCUT2D eigenvalue weighted by Gasteiger charge is 2.26. The average Bonchev–Trinajstić information content (AvgIpc) is 4.02. The summed E-state index contributed by atoms with van der Waals surface area (Å²) in [5.74, 6) is 0.254. The van der Waals surface area contributed by atoms with Gasteiger partial charge in [-0.05, 0) is 102 Å². The molecule has 0 fully saturated rings. The Labute approximate surface area is 333 Å². The van der Waals surface area contributed by atoms with Gasteiger partial charge in [0.2, 0.25) is 0 Å². The summed E-state index contributed by atoms with van der Waals surface area (Å²) in [6.45, 7) is 0. The molecule has 0 amide bonds. The van der Waals surface area contributed by atoms with E-state index in [9.17, 15) is 0 Å². The molecule has 0 saturated carbocycles. The first-order chi connectivity index (χ1) is 28.8. The van der Waals surface area contributed by atoms with E-state index in [1.807, 2.05) is 12.1 Å². The van der Waals surface area contributed by atoms with Crippen LogP contribution in [0.5, 0.6) is 0 Å². The molecule has 0 radical (unpaired) electrons. The van der Waals surface area contributed by atoms with Crippen LogP contribution in [0.15, 0.2) is 192 Å². The molecule has 13 rings (SSSR count). The topological polar surface area (TPSA) is 25.7 Å². The van der Waals surface area contributed by atoms with Gasteiger partial charge in [-0.1, -0.05) is 109 Å². The van der Waals surface area contributed by atoms with E-state index in [1.165, 1.54) is 65.5 Å². The molecular weight excluding hydrogens is 707 g/mol. The molecule has 0 N–H and O–H groups in total. The molecule has 4 nitrogen and oxygen atoms in total. The van der Waals surface area contributed by atoms with Gasteiger partial charge in [-0.25, -0.2) is 0 Å². The van der Waals surface area contributed by atoms with Gasteiger partial charge in [0.25, 0.3) is 0 Å². The number of hydrogen-bond acceptors (Lipinski definition) is 2. The number of benzene rings is 8. The van der Waals surface area contributed by atoms with Crippen LogP contribution in [0.2, 0.25) is 0 Å². The van der Waals surface area contributed by atoms with Gasteiger partial charge in [0.1, 0.15) is 11.2 Å². The van der Waals surface area contributed by atoms with Crippen molar-refractivity contribution in [3.05, 3.63) is 204 Å². The molecule has 1 unspecified atom stereocenters. The van der Waals surface area contributed by atoms with Crippen molar-refractivity contribution in [2.24, 2.45) is 0 Å². The summed E-state index contributed by atoms with van der Waals surface area (Å²) in [6, 6.07) is 68.3. The summed E-state index contributed by atoms with van der Waals surface area (Å²) in [4.78, 5) is 2.40. The summed E-state index contributed by atoms with van der Waals surface area (Å²) < 4.78 is 11.2. The van der Waals surface area contributed by atoms with Crippen molar-refractivity contribution < 1.29 is 4.42 Å². The molecule has 8 aromatic carbocycles.